The van der Waals surface area contributed by atoms with Crippen molar-refractivity contribution in [3.05, 3.63) is 52.7 Å². The summed E-state index contributed by atoms with van der Waals surface area (Å²) in [5.74, 6) is -0.854. The molecule has 2 aromatic heterocycles. The summed E-state index contributed by atoms with van der Waals surface area (Å²) in [4.78, 5) is 12.3. The normalized spacial score (nSPS) is 12.1. The highest BCUT2D eigenvalue weighted by atomic mass is 32.2. The quantitative estimate of drug-likeness (QED) is 0.651. The summed E-state index contributed by atoms with van der Waals surface area (Å²) < 4.78 is 27.9. The molecule has 0 amide bonds. The van der Waals surface area contributed by atoms with Crippen molar-refractivity contribution in [1.82, 2.24) is 5.16 Å². The minimum Gasteiger partial charge on any atom is -0.477 e. The molecule has 7 nitrogen and oxygen atoms in total. The predicted molar refractivity (Wildman–Crippen MR) is 95.6 cm³/mol. The zero-order valence-corrected chi connectivity index (χ0v) is 14.9. The van der Waals surface area contributed by atoms with Crippen molar-refractivity contribution in [2.24, 2.45) is 0 Å². The SMILES string of the molecule is Cc1noc(C)c1N(c1cc(-c2ccccc2)sc1C(=O)O)S(=O)O. The van der Waals surface area contributed by atoms with Crippen molar-refractivity contribution in [3.8, 4) is 10.4 Å². The Morgan fingerprint density at radius 2 is 1.96 bits per heavy atom. The molecule has 0 bridgehead atoms. The fourth-order valence-electron chi connectivity index (χ4n) is 2.48. The van der Waals surface area contributed by atoms with Crippen LogP contribution in [0.4, 0.5) is 11.4 Å². The molecule has 2 N–H and O–H groups in total. The molecule has 2 heterocycles. The van der Waals surface area contributed by atoms with Crippen molar-refractivity contribution in [2.45, 2.75) is 13.8 Å². The summed E-state index contributed by atoms with van der Waals surface area (Å²) >= 11 is -1.46. The zero-order chi connectivity index (χ0) is 18.1. The van der Waals surface area contributed by atoms with E-state index in [1.54, 1.807) is 19.9 Å². The first-order valence-electron chi connectivity index (χ1n) is 7.16. The number of thiophene rings is 1. The van der Waals surface area contributed by atoms with Gasteiger partial charge in [-0.05, 0) is 25.5 Å². The predicted octanol–water partition coefficient (Wildman–Crippen LogP) is 3.99. The summed E-state index contributed by atoms with van der Waals surface area (Å²) in [5, 5.41) is 13.3. The van der Waals surface area contributed by atoms with E-state index in [1.807, 2.05) is 30.3 Å². The highest BCUT2D eigenvalue weighted by molar-refractivity contribution is 7.81. The third-order valence-corrected chi connectivity index (χ3v) is 5.39. The molecule has 0 saturated carbocycles. The molecule has 0 fully saturated rings. The molecule has 0 aliphatic heterocycles. The molecule has 1 aromatic carbocycles. The van der Waals surface area contributed by atoms with Crippen molar-refractivity contribution < 1.29 is 23.2 Å². The van der Waals surface area contributed by atoms with Gasteiger partial charge in [0.1, 0.15) is 16.3 Å². The number of aromatic nitrogens is 1. The molecular weight excluding hydrogens is 364 g/mol. The molecule has 25 heavy (non-hydrogen) atoms. The van der Waals surface area contributed by atoms with E-state index in [4.69, 9.17) is 4.52 Å². The van der Waals surface area contributed by atoms with Crippen LogP contribution in [0.5, 0.6) is 0 Å². The van der Waals surface area contributed by atoms with Gasteiger partial charge < -0.3 is 9.63 Å². The van der Waals surface area contributed by atoms with Gasteiger partial charge in [0.15, 0.2) is 5.76 Å². The molecular formula is C16H14N2O5S2. The fraction of sp³-hybridized carbons (Fsp3) is 0.125. The Labute approximate surface area is 149 Å². The van der Waals surface area contributed by atoms with Gasteiger partial charge in [0.2, 0.25) is 0 Å². The first kappa shape index (κ1) is 17.3. The van der Waals surface area contributed by atoms with Crippen LogP contribution in [0.1, 0.15) is 21.1 Å². The number of carboxylic acid groups (broad SMARTS) is 1. The molecule has 3 aromatic rings. The summed E-state index contributed by atoms with van der Waals surface area (Å²) in [5.41, 5.74) is 1.61. The number of hydrogen-bond donors (Lipinski definition) is 2. The van der Waals surface area contributed by atoms with Crippen LogP contribution in [0.25, 0.3) is 10.4 Å². The number of rotatable bonds is 5. The van der Waals surface area contributed by atoms with Crippen LogP contribution >= 0.6 is 11.3 Å². The lowest BCUT2D eigenvalue weighted by atomic mass is 10.2. The van der Waals surface area contributed by atoms with Crippen molar-refractivity contribution in [1.29, 1.82) is 0 Å². The standard InChI is InChI=1S/C16H14N2O5S2/c1-9-14(10(2)23-17-9)18(25(21)22)12-8-13(24-15(12)16(19)20)11-6-4-3-5-7-11/h3-8H,1-2H3,(H,19,20)(H,21,22). The van der Waals surface area contributed by atoms with E-state index in [0.29, 0.717) is 16.3 Å². The first-order chi connectivity index (χ1) is 11.9. The van der Waals surface area contributed by atoms with E-state index in [0.717, 1.165) is 21.2 Å². The van der Waals surface area contributed by atoms with E-state index in [1.165, 1.54) is 0 Å². The van der Waals surface area contributed by atoms with Crippen LogP contribution in [-0.2, 0) is 11.3 Å². The summed E-state index contributed by atoms with van der Waals surface area (Å²) in [6, 6.07) is 10.8. The van der Waals surface area contributed by atoms with E-state index in [9.17, 15) is 18.7 Å². The van der Waals surface area contributed by atoms with Crippen LogP contribution in [0.3, 0.4) is 0 Å². The van der Waals surface area contributed by atoms with Crippen LogP contribution in [0.2, 0.25) is 0 Å². The number of anilines is 2. The van der Waals surface area contributed by atoms with Gasteiger partial charge in [0, 0.05) is 4.88 Å². The van der Waals surface area contributed by atoms with Gasteiger partial charge in [-0.3, -0.25) is 4.55 Å². The second-order valence-electron chi connectivity index (χ2n) is 5.19. The van der Waals surface area contributed by atoms with Gasteiger partial charge >= 0.3 is 5.97 Å². The summed E-state index contributed by atoms with van der Waals surface area (Å²) in [6.07, 6.45) is 0. The Bertz CT molecular complexity index is 929. The summed E-state index contributed by atoms with van der Waals surface area (Å²) in [7, 11) is 0. The van der Waals surface area contributed by atoms with Crippen molar-refractivity contribution >= 4 is 39.9 Å². The molecule has 130 valence electrons. The van der Waals surface area contributed by atoms with Gasteiger partial charge in [-0.1, -0.05) is 35.5 Å². The average Bonchev–Trinajstić information content (AvgIpc) is 3.15. The van der Waals surface area contributed by atoms with Crippen LogP contribution in [0, 0.1) is 13.8 Å². The van der Waals surface area contributed by atoms with E-state index < -0.39 is 17.2 Å². The third kappa shape index (κ3) is 3.21. The number of aryl methyl sites for hydroxylation is 2. The average molecular weight is 378 g/mol. The third-order valence-electron chi connectivity index (χ3n) is 3.54. The first-order valence-corrected chi connectivity index (χ1v) is 9.04. The molecule has 1 atom stereocenters. The number of carboxylic acids is 1. The van der Waals surface area contributed by atoms with E-state index in [2.05, 4.69) is 5.16 Å². The largest absolute Gasteiger partial charge is 0.477 e. The lowest BCUT2D eigenvalue weighted by Gasteiger charge is -2.18. The zero-order valence-electron chi connectivity index (χ0n) is 13.3. The van der Waals surface area contributed by atoms with E-state index in [-0.39, 0.29) is 16.3 Å². The maximum atomic E-state index is 12.0. The smallest absolute Gasteiger partial charge is 0.348 e. The minimum absolute atomic E-state index is 0.0405. The van der Waals surface area contributed by atoms with Crippen LogP contribution in [0.15, 0.2) is 40.9 Å². The number of carbonyl (C=O) groups is 1. The number of hydrogen-bond acceptors (Lipinski definition) is 5. The van der Waals surface area contributed by atoms with Gasteiger partial charge in [-0.25, -0.2) is 13.3 Å². The topological polar surface area (TPSA) is 104 Å². The molecule has 0 aliphatic rings. The van der Waals surface area contributed by atoms with Crippen molar-refractivity contribution in [3.63, 3.8) is 0 Å². The Hall–Kier alpha value is -2.49. The van der Waals surface area contributed by atoms with Gasteiger partial charge in [0.05, 0.1) is 5.69 Å². The van der Waals surface area contributed by atoms with Gasteiger partial charge in [-0.2, -0.15) is 0 Å². The molecule has 9 heteroatoms. The Kier molecular flexibility index (Phi) is 4.71. The van der Waals surface area contributed by atoms with Gasteiger partial charge in [0.25, 0.3) is 11.3 Å². The number of aromatic carboxylic acids is 1. The number of nitrogens with zero attached hydrogens (tertiary/aromatic N) is 2. The monoisotopic (exact) mass is 378 g/mol. The maximum absolute atomic E-state index is 12.0. The van der Waals surface area contributed by atoms with Crippen molar-refractivity contribution in [2.75, 3.05) is 4.31 Å². The highest BCUT2D eigenvalue weighted by Gasteiger charge is 2.29. The second-order valence-corrected chi connectivity index (χ2v) is 7.07. The number of benzene rings is 1. The molecule has 1 unspecified atom stereocenters. The Morgan fingerprint density at radius 1 is 1.28 bits per heavy atom. The lowest BCUT2D eigenvalue weighted by Crippen LogP contribution is -2.21. The maximum Gasteiger partial charge on any atom is 0.348 e. The molecule has 0 saturated heterocycles. The van der Waals surface area contributed by atoms with Gasteiger partial charge in [-0.15, -0.1) is 11.3 Å². The fourth-order valence-corrected chi connectivity index (χ4v) is 4.25. The Morgan fingerprint density at radius 3 is 2.48 bits per heavy atom. The molecule has 3 rings (SSSR count). The Balaban J connectivity index is 2.21. The molecule has 0 radical (unpaired) electrons. The second kappa shape index (κ2) is 6.79. The lowest BCUT2D eigenvalue weighted by molar-refractivity contribution is 0.0703. The summed E-state index contributed by atoms with van der Waals surface area (Å²) in [6.45, 7) is 3.22. The molecule has 0 aliphatic carbocycles. The van der Waals surface area contributed by atoms with Crippen LogP contribution < -0.4 is 4.31 Å². The molecule has 0 spiro atoms. The van der Waals surface area contributed by atoms with E-state index >= 15 is 0 Å². The van der Waals surface area contributed by atoms with Crippen LogP contribution in [-0.4, -0.2) is 25.0 Å². The highest BCUT2D eigenvalue weighted by Crippen LogP contribution is 2.41. The minimum atomic E-state index is -2.50.